The molecule has 0 saturated heterocycles. The number of urea groups is 1. The van der Waals surface area contributed by atoms with E-state index in [-0.39, 0.29) is 24.0 Å². The zero-order chi connectivity index (χ0) is 33.0. The predicted octanol–water partition coefficient (Wildman–Crippen LogP) is 6.85. The standard InChI is InChI=1S/C35H37F3N4O4/c1-22-18-42(23(2)21-43)33(44)29-17-27(39-34(45)40-30-10-6-8-25-7-4-5-9-28(25)30)15-16-31(29)46-32(22)20-41(3)19-24-11-13-26(14-12-24)35(36,37)38/h4-17,22-23,32,43H,18-21H2,1-3H3,(H2,39,40,45)/t22-,23+,32-/m1/s1. The average Bonchev–Trinajstić information content (AvgIpc) is 3.02. The Balaban J connectivity index is 1.35. The Morgan fingerprint density at radius 3 is 2.48 bits per heavy atom. The first kappa shape index (κ1) is 32.8. The van der Waals surface area contributed by atoms with Gasteiger partial charge in [-0.15, -0.1) is 0 Å². The number of carbonyl (C=O) groups excluding carboxylic acids is 2. The van der Waals surface area contributed by atoms with Crippen LogP contribution in [0.3, 0.4) is 0 Å². The van der Waals surface area contributed by atoms with E-state index in [4.69, 9.17) is 4.74 Å². The van der Waals surface area contributed by atoms with Gasteiger partial charge in [0.25, 0.3) is 5.91 Å². The maximum absolute atomic E-state index is 13.8. The van der Waals surface area contributed by atoms with E-state index in [0.29, 0.717) is 36.8 Å². The molecule has 0 spiro atoms. The van der Waals surface area contributed by atoms with Crippen LogP contribution in [0.2, 0.25) is 0 Å². The van der Waals surface area contributed by atoms with E-state index in [9.17, 15) is 27.9 Å². The number of anilines is 2. The minimum atomic E-state index is -4.40. The molecule has 0 unspecified atom stereocenters. The molecule has 1 heterocycles. The minimum Gasteiger partial charge on any atom is -0.488 e. The molecule has 3 N–H and O–H groups in total. The van der Waals surface area contributed by atoms with Crippen LogP contribution >= 0.6 is 0 Å². The molecule has 4 aromatic carbocycles. The van der Waals surface area contributed by atoms with Gasteiger partial charge in [0.1, 0.15) is 11.9 Å². The van der Waals surface area contributed by atoms with Crippen molar-refractivity contribution in [3.8, 4) is 5.75 Å². The number of aliphatic hydroxyl groups excluding tert-OH is 1. The highest BCUT2D eigenvalue weighted by atomic mass is 19.4. The number of amides is 3. The van der Waals surface area contributed by atoms with Crippen LogP contribution in [0, 0.1) is 5.92 Å². The summed E-state index contributed by atoms with van der Waals surface area (Å²) in [6.07, 6.45) is -4.79. The first-order valence-electron chi connectivity index (χ1n) is 15.1. The molecule has 5 rings (SSSR count). The molecule has 11 heteroatoms. The summed E-state index contributed by atoms with van der Waals surface area (Å²) < 4.78 is 45.4. The number of benzene rings is 4. The van der Waals surface area contributed by atoms with Gasteiger partial charge in [0.15, 0.2) is 0 Å². The van der Waals surface area contributed by atoms with Crippen LogP contribution in [0.4, 0.5) is 29.3 Å². The summed E-state index contributed by atoms with van der Waals surface area (Å²) >= 11 is 0. The molecule has 8 nitrogen and oxygen atoms in total. The van der Waals surface area contributed by atoms with Crippen molar-refractivity contribution in [2.75, 3.05) is 37.4 Å². The monoisotopic (exact) mass is 634 g/mol. The zero-order valence-corrected chi connectivity index (χ0v) is 25.8. The van der Waals surface area contributed by atoms with E-state index in [2.05, 4.69) is 10.6 Å². The third-order valence-electron chi connectivity index (χ3n) is 8.19. The van der Waals surface area contributed by atoms with Crippen molar-refractivity contribution in [3.63, 3.8) is 0 Å². The van der Waals surface area contributed by atoms with Gasteiger partial charge in [-0.05, 0) is 61.3 Å². The SMILES string of the molecule is C[C@@H]1CN([C@@H](C)CO)C(=O)c2cc(NC(=O)Nc3cccc4ccccc34)ccc2O[C@@H]1CN(C)Cc1ccc(C(F)(F)F)cc1. The van der Waals surface area contributed by atoms with Crippen molar-refractivity contribution in [1.82, 2.24) is 9.80 Å². The Morgan fingerprint density at radius 2 is 1.76 bits per heavy atom. The number of hydrogen-bond acceptors (Lipinski definition) is 5. The predicted molar refractivity (Wildman–Crippen MR) is 172 cm³/mol. The summed E-state index contributed by atoms with van der Waals surface area (Å²) in [5.74, 6) is -0.150. The summed E-state index contributed by atoms with van der Waals surface area (Å²) in [4.78, 5) is 30.4. The maximum atomic E-state index is 13.8. The van der Waals surface area contributed by atoms with Gasteiger partial charge in [-0.3, -0.25) is 9.69 Å². The Kier molecular flexibility index (Phi) is 9.83. The van der Waals surface area contributed by atoms with Gasteiger partial charge < -0.3 is 25.4 Å². The number of rotatable bonds is 8. The van der Waals surface area contributed by atoms with E-state index < -0.39 is 29.9 Å². The number of nitrogens with one attached hydrogen (secondary N) is 2. The van der Waals surface area contributed by atoms with Crippen LogP contribution < -0.4 is 15.4 Å². The number of nitrogens with zero attached hydrogens (tertiary/aromatic N) is 2. The molecule has 0 radical (unpaired) electrons. The molecule has 1 aliphatic heterocycles. The average molecular weight is 635 g/mol. The quantitative estimate of drug-likeness (QED) is 0.197. The minimum absolute atomic E-state index is 0.148. The topological polar surface area (TPSA) is 94.1 Å². The highest BCUT2D eigenvalue weighted by Gasteiger charge is 2.34. The van der Waals surface area contributed by atoms with Gasteiger partial charge in [0.2, 0.25) is 0 Å². The number of halogens is 3. The lowest BCUT2D eigenvalue weighted by atomic mass is 9.99. The van der Waals surface area contributed by atoms with E-state index in [0.717, 1.165) is 28.5 Å². The molecule has 1 aliphatic rings. The number of likely N-dealkylation sites (N-methyl/N-ethyl adjacent to an activating group) is 1. The van der Waals surface area contributed by atoms with E-state index in [1.165, 1.54) is 12.1 Å². The second-order valence-corrected chi connectivity index (χ2v) is 11.8. The summed E-state index contributed by atoms with van der Waals surface area (Å²) in [7, 11) is 1.86. The maximum Gasteiger partial charge on any atom is 0.416 e. The largest absolute Gasteiger partial charge is 0.488 e. The van der Waals surface area contributed by atoms with Crippen LogP contribution in [-0.4, -0.2) is 65.7 Å². The van der Waals surface area contributed by atoms with Gasteiger partial charge in [0, 0.05) is 36.6 Å². The van der Waals surface area contributed by atoms with Crippen molar-refractivity contribution in [1.29, 1.82) is 0 Å². The van der Waals surface area contributed by atoms with E-state index >= 15 is 0 Å². The summed E-state index contributed by atoms with van der Waals surface area (Å²) in [6, 6.07) is 22.3. The molecule has 4 aromatic rings. The third-order valence-corrected chi connectivity index (χ3v) is 8.19. The molecular formula is C35H37F3N4O4. The number of ether oxygens (including phenoxy) is 1. The molecule has 0 saturated carbocycles. The first-order chi connectivity index (χ1) is 21.9. The lowest BCUT2D eigenvalue weighted by molar-refractivity contribution is -0.137. The summed E-state index contributed by atoms with van der Waals surface area (Å²) in [6.45, 7) is 4.60. The number of alkyl halides is 3. The van der Waals surface area contributed by atoms with Gasteiger partial charge in [0.05, 0.1) is 29.5 Å². The fourth-order valence-electron chi connectivity index (χ4n) is 5.62. The Labute approximate surface area is 265 Å². The number of carbonyl (C=O) groups is 2. The molecule has 0 bridgehead atoms. The molecule has 0 fully saturated rings. The summed E-state index contributed by atoms with van der Waals surface area (Å²) in [5.41, 5.74) is 1.29. The van der Waals surface area contributed by atoms with Crippen molar-refractivity contribution < 1.29 is 32.6 Å². The highest BCUT2D eigenvalue weighted by molar-refractivity contribution is 6.07. The lowest BCUT2D eigenvalue weighted by Gasteiger charge is -2.38. The van der Waals surface area contributed by atoms with Gasteiger partial charge in [-0.25, -0.2) is 4.79 Å². The number of hydrogen-bond donors (Lipinski definition) is 3. The van der Waals surface area contributed by atoms with Gasteiger partial charge >= 0.3 is 12.2 Å². The first-order valence-corrected chi connectivity index (χ1v) is 15.1. The van der Waals surface area contributed by atoms with Crippen molar-refractivity contribution in [2.45, 2.75) is 38.7 Å². The fraction of sp³-hybridized carbons (Fsp3) is 0.314. The second kappa shape index (κ2) is 13.8. The Bertz CT molecular complexity index is 1690. The zero-order valence-electron chi connectivity index (χ0n) is 25.8. The van der Waals surface area contributed by atoms with Crippen LogP contribution in [0.1, 0.15) is 35.3 Å². The molecule has 0 aliphatic carbocycles. The summed E-state index contributed by atoms with van der Waals surface area (Å²) in [5, 5.41) is 17.5. The Morgan fingerprint density at radius 1 is 1.04 bits per heavy atom. The van der Waals surface area contributed by atoms with Crippen molar-refractivity contribution in [2.24, 2.45) is 5.92 Å². The lowest BCUT2D eigenvalue weighted by Crippen LogP contribution is -2.49. The van der Waals surface area contributed by atoms with E-state index in [1.807, 2.05) is 61.3 Å². The van der Waals surface area contributed by atoms with Crippen molar-refractivity contribution in [3.05, 3.63) is 102 Å². The molecule has 46 heavy (non-hydrogen) atoms. The Hall–Kier alpha value is -4.61. The highest BCUT2D eigenvalue weighted by Crippen LogP contribution is 2.32. The van der Waals surface area contributed by atoms with Gasteiger partial charge in [-0.1, -0.05) is 55.5 Å². The number of aliphatic hydroxyl groups is 1. The number of fused-ring (bicyclic) bond motifs is 2. The van der Waals surface area contributed by atoms with Crippen LogP contribution in [0.15, 0.2) is 84.9 Å². The smallest absolute Gasteiger partial charge is 0.416 e. The van der Waals surface area contributed by atoms with E-state index in [1.54, 1.807) is 30.0 Å². The van der Waals surface area contributed by atoms with Crippen LogP contribution in [-0.2, 0) is 12.7 Å². The van der Waals surface area contributed by atoms with Crippen LogP contribution in [0.25, 0.3) is 10.8 Å². The molecular weight excluding hydrogens is 597 g/mol. The molecule has 3 amide bonds. The van der Waals surface area contributed by atoms with Crippen molar-refractivity contribution >= 4 is 34.1 Å². The fourth-order valence-corrected chi connectivity index (χ4v) is 5.62. The van der Waals surface area contributed by atoms with Gasteiger partial charge in [-0.2, -0.15) is 13.2 Å². The molecule has 0 aromatic heterocycles. The third kappa shape index (κ3) is 7.60. The van der Waals surface area contributed by atoms with Crippen LogP contribution in [0.5, 0.6) is 5.75 Å². The molecule has 3 atom stereocenters. The molecule has 242 valence electrons. The normalized spacial score (nSPS) is 17.6. The second-order valence-electron chi connectivity index (χ2n) is 11.8.